The fourth-order valence-electron chi connectivity index (χ4n) is 2.18. The lowest BCUT2D eigenvalue weighted by Gasteiger charge is -2.12. The van der Waals surface area contributed by atoms with Gasteiger partial charge in [0.2, 0.25) is 5.56 Å². The number of aromatic nitrogens is 1. The van der Waals surface area contributed by atoms with Crippen LogP contribution < -0.4 is 10.9 Å². The third kappa shape index (κ3) is 2.87. The molecule has 0 aliphatic heterocycles. The van der Waals surface area contributed by atoms with Crippen molar-refractivity contribution in [1.82, 2.24) is 10.3 Å². The second kappa shape index (κ2) is 5.54. The smallest absolute Gasteiger partial charge is 0.261 e. The molecule has 4 nitrogen and oxygen atoms in total. The minimum Gasteiger partial charge on any atom is -0.345 e. The highest BCUT2D eigenvalue weighted by atomic mass is 32.1. The van der Waals surface area contributed by atoms with Gasteiger partial charge in [-0.1, -0.05) is 18.2 Å². The van der Waals surface area contributed by atoms with Gasteiger partial charge in [-0.2, -0.15) is 0 Å². The number of aromatic amines is 1. The standard InChI is InChI=1S/C16H14N2O2S/c1-10(11-6-7-17-15(19)9-11)18-16(20)14-8-12-4-2-3-5-13(12)21-14/h2-10H,1H3,(H,17,19)(H,18,20). The topological polar surface area (TPSA) is 62.0 Å². The van der Waals surface area contributed by atoms with Gasteiger partial charge in [0, 0.05) is 17.0 Å². The Morgan fingerprint density at radius 2 is 2.05 bits per heavy atom. The molecule has 0 saturated carbocycles. The molecule has 5 heteroatoms. The quantitative estimate of drug-likeness (QED) is 0.780. The molecule has 3 aromatic rings. The van der Waals surface area contributed by atoms with Gasteiger partial charge in [0.15, 0.2) is 0 Å². The summed E-state index contributed by atoms with van der Waals surface area (Å²) in [5, 5.41) is 3.99. The molecule has 0 saturated heterocycles. The number of H-pyrrole nitrogens is 1. The van der Waals surface area contributed by atoms with Gasteiger partial charge in [0.25, 0.3) is 5.91 Å². The van der Waals surface area contributed by atoms with Gasteiger partial charge in [0.05, 0.1) is 10.9 Å². The molecule has 0 radical (unpaired) electrons. The van der Waals surface area contributed by atoms with Crippen LogP contribution in [0.15, 0.2) is 53.5 Å². The highest BCUT2D eigenvalue weighted by molar-refractivity contribution is 7.20. The Kier molecular flexibility index (Phi) is 3.58. The predicted octanol–water partition coefficient (Wildman–Crippen LogP) is 3.08. The van der Waals surface area contributed by atoms with Gasteiger partial charge in [-0.25, -0.2) is 0 Å². The van der Waals surface area contributed by atoms with E-state index in [1.807, 2.05) is 37.3 Å². The molecule has 0 fully saturated rings. The molecular formula is C16H14N2O2S. The van der Waals surface area contributed by atoms with E-state index in [1.165, 1.54) is 17.4 Å². The number of pyridine rings is 1. The van der Waals surface area contributed by atoms with Crippen LogP contribution in [0, 0.1) is 0 Å². The number of nitrogens with one attached hydrogen (secondary N) is 2. The van der Waals surface area contributed by atoms with Crippen LogP contribution in [-0.4, -0.2) is 10.9 Å². The summed E-state index contributed by atoms with van der Waals surface area (Å²) < 4.78 is 1.09. The SMILES string of the molecule is CC(NC(=O)c1cc2ccccc2s1)c1cc[nH]c(=O)c1. The number of rotatable bonds is 3. The summed E-state index contributed by atoms with van der Waals surface area (Å²) in [6.07, 6.45) is 1.58. The molecule has 2 heterocycles. The van der Waals surface area contributed by atoms with Gasteiger partial charge in [-0.05, 0) is 36.1 Å². The van der Waals surface area contributed by atoms with Gasteiger partial charge in [-0.3, -0.25) is 9.59 Å². The molecule has 3 rings (SSSR count). The van der Waals surface area contributed by atoms with Crippen LogP contribution in [0.5, 0.6) is 0 Å². The van der Waals surface area contributed by atoms with Crippen LogP contribution in [0.4, 0.5) is 0 Å². The number of benzene rings is 1. The van der Waals surface area contributed by atoms with Gasteiger partial charge < -0.3 is 10.3 Å². The summed E-state index contributed by atoms with van der Waals surface area (Å²) in [5.41, 5.74) is 0.615. The molecule has 2 N–H and O–H groups in total. The fourth-order valence-corrected chi connectivity index (χ4v) is 3.14. The van der Waals surface area contributed by atoms with E-state index >= 15 is 0 Å². The maximum Gasteiger partial charge on any atom is 0.261 e. The van der Waals surface area contributed by atoms with Crippen LogP contribution >= 0.6 is 11.3 Å². The fraction of sp³-hybridized carbons (Fsp3) is 0.125. The molecule has 1 unspecified atom stereocenters. The molecule has 1 aromatic carbocycles. The molecule has 21 heavy (non-hydrogen) atoms. The first-order valence-electron chi connectivity index (χ1n) is 6.61. The Labute approximate surface area is 125 Å². The Hall–Kier alpha value is -2.40. The monoisotopic (exact) mass is 298 g/mol. The Morgan fingerprint density at radius 3 is 2.81 bits per heavy atom. The summed E-state index contributed by atoms with van der Waals surface area (Å²) >= 11 is 1.47. The second-order valence-corrected chi connectivity index (χ2v) is 5.91. The highest BCUT2D eigenvalue weighted by Gasteiger charge is 2.14. The maximum absolute atomic E-state index is 12.3. The van der Waals surface area contributed by atoms with Crippen molar-refractivity contribution in [2.75, 3.05) is 0 Å². The van der Waals surface area contributed by atoms with Crippen molar-refractivity contribution < 1.29 is 4.79 Å². The van der Waals surface area contributed by atoms with E-state index in [9.17, 15) is 9.59 Å². The molecule has 1 amide bonds. The lowest BCUT2D eigenvalue weighted by molar-refractivity contribution is 0.0944. The predicted molar refractivity (Wildman–Crippen MR) is 84.8 cm³/mol. The van der Waals surface area contributed by atoms with Crippen LogP contribution in [0.25, 0.3) is 10.1 Å². The molecule has 0 spiro atoms. The largest absolute Gasteiger partial charge is 0.345 e. The number of hydrogen-bond donors (Lipinski definition) is 2. The lowest BCUT2D eigenvalue weighted by atomic mass is 10.1. The number of amides is 1. The van der Waals surface area contributed by atoms with Gasteiger partial charge >= 0.3 is 0 Å². The van der Waals surface area contributed by atoms with Gasteiger partial charge in [0.1, 0.15) is 0 Å². The van der Waals surface area contributed by atoms with E-state index in [-0.39, 0.29) is 17.5 Å². The van der Waals surface area contributed by atoms with E-state index in [4.69, 9.17) is 0 Å². The molecule has 1 atom stereocenters. The zero-order valence-corrected chi connectivity index (χ0v) is 12.2. The zero-order valence-electron chi connectivity index (χ0n) is 11.4. The summed E-state index contributed by atoms with van der Waals surface area (Å²) in [7, 11) is 0. The molecule has 106 valence electrons. The van der Waals surface area contributed by atoms with E-state index in [0.29, 0.717) is 4.88 Å². The first-order chi connectivity index (χ1) is 10.1. The first-order valence-corrected chi connectivity index (χ1v) is 7.43. The maximum atomic E-state index is 12.3. The molecule has 0 aliphatic rings. The van der Waals surface area contributed by atoms with E-state index in [0.717, 1.165) is 15.6 Å². The van der Waals surface area contributed by atoms with Crippen molar-refractivity contribution in [3.63, 3.8) is 0 Å². The van der Waals surface area contributed by atoms with Crippen molar-refractivity contribution in [3.8, 4) is 0 Å². The number of fused-ring (bicyclic) bond motifs is 1. The Bertz CT molecular complexity index is 817. The first kappa shape index (κ1) is 13.6. The summed E-state index contributed by atoms with van der Waals surface area (Å²) in [5.74, 6) is -0.121. The van der Waals surface area contributed by atoms with E-state index in [2.05, 4.69) is 10.3 Å². The normalized spacial score (nSPS) is 12.2. The van der Waals surface area contributed by atoms with Crippen molar-refractivity contribution in [2.45, 2.75) is 13.0 Å². The number of carbonyl (C=O) groups excluding carboxylic acids is 1. The highest BCUT2D eigenvalue weighted by Crippen LogP contribution is 2.25. The number of hydrogen-bond acceptors (Lipinski definition) is 3. The minimum atomic E-state index is -0.218. The number of thiophene rings is 1. The average Bonchev–Trinajstić information content (AvgIpc) is 2.91. The summed E-state index contributed by atoms with van der Waals surface area (Å²) in [6.45, 7) is 1.86. The van der Waals surface area contributed by atoms with Crippen LogP contribution in [0.2, 0.25) is 0 Å². The van der Waals surface area contributed by atoms with Crippen molar-refractivity contribution in [1.29, 1.82) is 0 Å². The Balaban J connectivity index is 1.81. The second-order valence-electron chi connectivity index (χ2n) is 4.83. The average molecular weight is 298 g/mol. The molecule has 0 aliphatic carbocycles. The Morgan fingerprint density at radius 1 is 1.24 bits per heavy atom. The zero-order chi connectivity index (χ0) is 14.8. The molecule has 2 aromatic heterocycles. The third-order valence-corrected chi connectivity index (χ3v) is 4.41. The van der Waals surface area contributed by atoms with Crippen molar-refractivity contribution >= 4 is 27.3 Å². The van der Waals surface area contributed by atoms with Crippen LogP contribution in [0.1, 0.15) is 28.2 Å². The summed E-state index contributed by atoms with van der Waals surface area (Å²) in [4.78, 5) is 26.8. The van der Waals surface area contributed by atoms with Crippen molar-refractivity contribution in [2.24, 2.45) is 0 Å². The van der Waals surface area contributed by atoms with Crippen LogP contribution in [0.3, 0.4) is 0 Å². The number of carbonyl (C=O) groups is 1. The van der Waals surface area contributed by atoms with Crippen LogP contribution in [-0.2, 0) is 0 Å². The minimum absolute atomic E-state index is 0.121. The third-order valence-electron chi connectivity index (χ3n) is 3.30. The van der Waals surface area contributed by atoms with Crippen molar-refractivity contribution in [3.05, 3.63) is 69.5 Å². The molecular weight excluding hydrogens is 284 g/mol. The van der Waals surface area contributed by atoms with E-state index < -0.39 is 0 Å². The summed E-state index contributed by atoms with van der Waals surface area (Å²) in [6, 6.07) is 12.9. The van der Waals surface area contributed by atoms with Gasteiger partial charge in [-0.15, -0.1) is 11.3 Å². The molecule has 0 bridgehead atoms. The van der Waals surface area contributed by atoms with E-state index in [1.54, 1.807) is 12.3 Å². The lowest BCUT2D eigenvalue weighted by Crippen LogP contribution is -2.26.